The highest BCUT2D eigenvalue weighted by Gasteiger charge is 2.14. The molecule has 0 aliphatic rings. The maximum absolute atomic E-state index is 10.00. The van der Waals surface area contributed by atoms with Gasteiger partial charge in [-0.1, -0.05) is 78.9 Å². The number of hydrogen-bond donors (Lipinski definition) is 0. The summed E-state index contributed by atoms with van der Waals surface area (Å²) in [4.78, 5) is 2.21. The Balaban J connectivity index is 1.34. The van der Waals surface area contributed by atoms with Crippen LogP contribution in [0, 0.1) is 22.7 Å². The summed E-state index contributed by atoms with van der Waals surface area (Å²) < 4.78 is 5.35. The molecule has 6 aromatic carbocycles. The highest BCUT2D eigenvalue weighted by molar-refractivity contribution is 6.09. The molecule has 0 fully saturated rings. The number of rotatable bonds is 6. The van der Waals surface area contributed by atoms with E-state index in [1.165, 1.54) is 0 Å². The number of nitrogens with zero attached hydrogens (tertiary/aromatic N) is 3. The summed E-state index contributed by atoms with van der Waals surface area (Å²) in [6.45, 7) is 0. The van der Waals surface area contributed by atoms with Gasteiger partial charge in [-0.05, 0) is 65.7 Å². The van der Waals surface area contributed by atoms with Gasteiger partial charge in [-0.15, -0.1) is 0 Å². The zero-order valence-electron chi connectivity index (χ0n) is 22.5. The van der Waals surface area contributed by atoms with Crippen LogP contribution >= 0.6 is 0 Å². The van der Waals surface area contributed by atoms with E-state index in [1.54, 1.807) is 7.11 Å². The number of fused-ring (bicyclic) bond motifs is 2. The summed E-state index contributed by atoms with van der Waals surface area (Å²) in [5.41, 5.74) is 6.34. The van der Waals surface area contributed by atoms with Gasteiger partial charge in [0.15, 0.2) is 0 Å². The first-order valence-electron chi connectivity index (χ1n) is 13.3. The van der Waals surface area contributed by atoms with Crippen molar-refractivity contribution in [3.63, 3.8) is 0 Å². The average Bonchev–Trinajstić information content (AvgIpc) is 3.04. The van der Waals surface area contributed by atoms with Crippen LogP contribution in [0.1, 0.15) is 22.3 Å². The lowest BCUT2D eigenvalue weighted by atomic mass is 9.91. The third-order valence-electron chi connectivity index (χ3n) is 7.24. The van der Waals surface area contributed by atoms with Crippen LogP contribution in [0.3, 0.4) is 0 Å². The zero-order valence-corrected chi connectivity index (χ0v) is 22.5. The Morgan fingerprint density at radius 1 is 0.537 bits per heavy atom. The van der Waals surface area contributed by atoms with Gasteiger partial charge in [-0.3, -0.25) is 0 Å². The van der Waals surface area contributed by atoms with Gasteiger partial charge >= 0.3 is 0 Å². The third-order valence-corrected chi connectivity index (χ3v) is 7.24. The van der Waals surface area contributed by atoms with E-state index in [0.717, 1.165) is 55.5 Å². The van der Waals surface area contributed by atoms with E-state index in [0.29, 0.717) is 11.1 Å². The number of benzene rings is 6. The van der Waals surface area contributed by atoms with Crippen molar-refractivity contribution in [2.75, 3.05) is 12.0 Å². The molecule has 0 aliphatic carbocycles. The molecule has 0 bridgehead atoms. The van der Waals surface area contributed by atoms with Gasteiger partial charge in [0.2, 0.25) is 0 Å². The van der Waals surface area contributed by atoms with E-state index in [2.05, 4.69) is 71.6 Å². The van der Waals surface area contributed by atoms with Crippen molar-refractivity contribution in [1.82, 2.24) is 0 Å². The van der Waals surface area contributed by atoms with Crippen LogP contribution in [-0.2, 0) is 0 Å². The molecule has 6 rings (SSSR count). The first-order chi connectivity index (χ1) is 20.2. The van der Waals surface area contributed by atoms with Crippen molar-refractivity contribution in [3.05, 3.63) is 144 Å². The fourth-order valence-electron chi connectivity index (χ4n) is 5.22. The van der Waals surface area contributed by atoms with E-state index in [-0.39, 0.29) is 0 Å². The molecule has 0 spiro atoms. The van der Waals surface area contributed by atoms with Gasteiger partial charge in [-0.2, -0.15) is 10.5 Å². The number of nitriles is 2. The van der Waals surface area contributed by atoms with Crippen molar-refractivity contribution < 1.29 is 4.74 Å². The molecule has 0 saturated heterocycles. The van der Waals surface area contributed by atoms with Crippen molar-refractivity contribution in [2.24, 2.45) is 0 Å². The number of anilines is 3. The molecule has 41 heavy (non-hydrogen) atoms. The van der Waals surface area contributed by atoms with Crippen LogP contribution in [0.5, 0.6) is 5.75 Å². The van der Waals surface area contributed by atoms with Gasteiger partial charge in [0.1, 0.15) is 17.9 Å². The number of hydrogen-bond acceptors (Lipinski definition) is 4. The molecule has 0 aliphatic heterocycles. The fraction of sp³-hybridized carbons (Fsp3) is 0.0270. The molecule has 0 radical (unpaired) electrons. The molecule has 0 amide bonds. The van der Waals surface area contributed by atoms with Crippen LogP contribution in [0.25, 0.3) is 33.7 Å². The fourth-order valence-corrected chi connectivity index (χ4v) is 5.22. The summed E-state index contributed by atoms with van der Waals surface area (Å²) in [6, 6.07) is 44.9. The van der Waals surface area contributed by atoms with Gasteiger partial charge in [0, 0.05) is 38.6 Å². The van der Waals surface area contributed by atoms with Crippen LogP contribution in [-0.4, -0.2) is 7.11 Å². The SMILES string of the molecule is COc1ccc(N(c2ccccc2)c2ccc(/C=C\c3ccc4c(C#N)c5ccccc5c(C#N)c4c3)cc2)cc1. The Hall–Kier alpha value is -5.84. The molecule has 4 heteroatoms. The Labute approximate surface area is 239 Å². The maximum Gasteiger partial charge on any atom is 0.119 e. The summed E-state index contributed by atoms with van der Waals surface area (Å²) in [6.07, 6.45) is 4.10. The third kappa shape index (κ3) is 4.87. The van der Waals surface area contributed by atoms with Crippen molar-refractivity contribution >= 4 is 50.8 Å². The van der Waals surface area contributed by atoms with E-state index in [1.807, 2.05) is 78.9 Å². The first kappa shape index (κ1) is 25.4. The second-order valence-electron chi connectivity index (χ2n) is 9.62. The smallest absolute Gasteiger partial charge is 0.119 e. The molecule has 6 aromatic rings. The molecule has 4 nitrogen and oxygen atoms in total. The molecule has 0 atom stereocenters. The molecule has 0 N–H and O–H groups in total. The summed E-state index contributed by atoms with van der Waals surface area (Å²) >= 11 is 0. The quantitative estimate of drug-likeness (QED) is 0.160. The van der Waals surface area contributed by atoms with Crippen LogP contribution in [0.4, 0.5) is 17.1 Å². The van der Waals surface area contributed by atoms with Gasteiger partial charge in [0.05, 0.1) is 18.2 Å². The number of ether oxygens (including phenoxy) is 1. The average molecular weight is 528 g/mol. The molecular formula is C37H25N3O. The molecule has 194 valence electrons. The van der Waals surface area contributed by atoms with Crippen LogP contribution in [0.15, 0.2) is 121 Å². The zero-order chi connectivity index (χ0) is 28.2. The maximum atomic E-state index is 10.00. The normalized spacial score (nSPS) is 10.9. The molecule has 0 unspecified atom stereocenters. The minimum Gasteiger partial charge on any atom is -0.497 e. The van der Waals surface area contributed by atoms with Gasteiger partial charge in [-0.25, -0.2) is 0 Å². The summed E-state index contributed by atoms with van der Waals surface area (Å²) in [7, 11) is 1.67. The molecule has 0 saturated carbocycles. The minimum absolute atomic E-state index is 0.591. The van der Waals surface area contributed by atoms with Crippen LogP contribution < -0.4 is 9.64 Å². The largest absolute Gasteiger partial charge is 0.497 e. The van der Waals surface area contributed by atoms with Crippen LogP contribution in [0.2, 0.25) is 0 Å². The predicted octanol–water partition coefficient (Wildman–Crippen LogP) is 9.39. The van der Waals surface area contributed by atoms with E-state index < -0.39 is 0 Å². The lowest BCUT2D eigenvalue weighted by Gasteiger charge is -2.25. The number of para-hydroxylation sites is 1. The van der Waals surface area contributed by atoms with Gasteiger partial charge in [0.25, 0.3) is 0 Å². The highest BCUT2D eigenvalue weighted by Crippen LogP contribution is 2.36. The standard InChI is InChI=1S/C37H25N3O/c1-41-31-20-18-30(19-21-31)40(28-7-3-2-4-8-28)29-16-13-26(14-17-29)11-12-27-15-22-34-35(23-27)37(25-39)33-10-6-5-9-32(33)36(34)24-38/h2-23H,1H3/b12-11-. The predicted molar refractivity (Wildman–Crippen MR) is 167 cm³/mol. The topological polar surface area (TPSA) is 60.0 Å². The molecule has 0 aromatic heterocycles. The van der Waals surface area contributed by atoms with E-state index in [9.17, 15) is 10.5 Å². The van der Waals surface area contributed by atoms with Crippen molar-refractivity contribution in [3.8, 4) is 17.9 Å². The summed E-state index contributed by atoms with van der Waals surface area (Å²) in [5.74, 6) is 0.815. The van der Waals surface area contributed by atoms with Gasteiger partial charge < -0.3 is 9.64 Å². The highest BCUT2D eigenvalue weighted by atomic mass is 16.5. The molecule has 0 heterocycles. The van der Waals surface area contributed by atoms with Crippen molar-refractivity contribution in [1.29, 1.82) is 10.5 Å². The lowest BCUT2D eigenvalue weighted by molar-refractivity contribution is 0.415. The second-order valence-corrected chi connectivity index (χ2v) is 9.62. The molecular weight excluding hydrogens is 502 g/mol. The minimum atomic E-state index is 0.591. The monoisotopic (exact) mass is 527 g/mol. The second kappa shape index (κ2) is 11.1. The first-order valence-corrected chi connectivity index (χ1v) is 13.3. The lowest BCUT2D eigenvalue weighted by Crippen LogP contribution is -2.09. The Morgan fingerprint density at radius 2 is 1.02 bits per heavy atom. The Morgan fingerprint density at radius 3 is 1.63 bits per heavy atom. The summed E-state index contributed by atoms with van der Waals surface area (Å²) in [5, 5.41) is 23.1. The Kier molecular flexibility index (Phi) is 6.89. The van der Waals surface area contributed by atoms with E-state index >= 15 is 0 Å². The number of methoxy groups -OCH3 is 1. The van der Waals surface area contributed by atoms with E-state index in [4.69, 9.17) is 4.74 Å². The Bertz CT molecular complexity index is 1980. The van der Waals surface area contributed by atoms with Crippen molar-refractivity contribution in [2.45, 2.75) is 0 Å².